The van der Waals surface area contributed by atoms with Crippen LogP contribution in [0, 0.1) is 10.1 Å². The Morgan fingerprint density at radius 3 is 2.44 bits per heavy atom. The standard InChI is InChI=1S/C12H16ClNO3Si/c1-4-5-12(17-18(2,3)13)10-6-8-11(9-7-10)14(15)16/h4,6-9,12H,1,5H2,2-3H3. The molecule has 1 atom stereocenters. The van der Waals surface area contributed by atoms with Crippen molar-refractivity contribution in [2.24, 2.45) is 0 Å². The largest absolute Gasteiger partial charge is 0.396 e. The Bertz CT molecular complexity index is 428. The SMILES string of the molecule is C=CCC(O[Si](C)(C)Cl)c1ccc([N+](=O)[O-])cc1. The van der Waals surface area contributed by atoms with E-state index in [4.69, 9.17) is 15.5 Å². The molecule has 1 aromatic carbocycles. The van der Waals surface area contributed by atoms with Crippen molar-refractivity contribution in [1.82, 2.24) is 0 Å². The molecule has 98 valence electrons. The maximum atomic E-state index is 10.6. The predicted molar refractivity (Wildman–Crippen MR) is 75.1 cm³/mol. The summed E-state index contributed by atoms with van der Waals surface area (Å²) in [6.07, 6.45) is 2.19. The third-order valence-corrected chi connectivity index (χ3v) is 3.39. The van der Waals surface area contributed by atoms with Crippen LogP contribution < -0.4 is 0 Å². The average molecular weight is 286 g/mol. The molecule has 0 aliphatic heterocycles. The number of hydrogen-bond acceptors (Lipinski definition) is 3. The van der Waals surface area contributed by atoms with Crippen LogP contribution in [0.4, 0.5) is 5.69 Å². The van der Waals surface area contributed by atoms with Gasteiger partial charge < -0.3 is 4.43 Å². The number of rotatable bonds is 6. The van der Waals surface area contributed by atoms with Crippen molar-refractivity contribution < 1.29 is 9.35 Å². The van der Waals surface area contributed by atoms with Gasteiger partial charge in [0.15, 0.2) is 0 Å². The van der Waals surface area contributed by atoms with Crippen LogP contribution in [0.1, 0.15) is 18.1 Å². The molecule has 18 heavy (non-hydrogen) atoms. The van der Waals surface area contributed by atoms with Crippen LogP contribution in [0.2, 0.25) is 13.1 Å². The van der Waals surface area contributed by atoms with Crippen molar-refractivity contribution in [2.45, 2.75) is 25.6 Å². The zero-order valence-corrected chi connectivity index (χ0v) is 12.2. The number of benzene rings is 1. The van der Waals surface area contributed by atoms with E-state index in [1.54, 1.807) is 18.2 Å². The molecule has 0 spiro atoms. The van der Waals surface area contributed by atoms with Crippen LogP contribution in [-0.2, 0) is 4.43 Å². The molecular weight excluding hydrogens is 270 g/mol. The van der Waals surface area contributed by atoms with Crippen molar-refractivity contribution >= 4 is 24.4 Å². The molecule has 0 N–H and O–H groups in total. The Labute approximate surface area is 112 Å². The summed E-state index contributed by atoms with van der Waals surface area (Å²) in [7, 11) is -2.19. The first kappa shape index (κ1) is 14.9. The van der Waals surface area contributed by atoms with Gasteiger partial charge in [0.2, 0.25) is 0 Å². The minimum absolute atomic E-state index is 0.0680. The van der Waals surface area contributed by atoms with Gasteiger partial charge in [0.25, 0.3) is 13.3 Å². The Kier molecular flexibility index (Phi) is 5.07. The number of nitrogens with zero attached hydrogens (tertiary/aromatic N) is 1. The molecule has 0 aromatic heterocycles. The highest BCUT2D eigenvalue weighted by atomic mass is 35.6. The first-order valence-corrected chi connectivity index (χ1v) is 9.47. The molecular formula is C12H16ClNO3Si. The second kappa shape index (κ2) is 6.13. The normalized spacial score (nSPS) is 13.1. The summed E-state index contributed by atoms with van der Waals surface area (Å²) >= 11 is 6.17. The minimum atomic E-state index is -2.19. The van der Waals surface area contributed by atoms with E-state index in [0.29, 0.717) is 6.42 Å². The lowest BCUT2D eigenvalue weighted by Crippen LogP contribution is -2.25. The van der Waals surface area contributed by atoms with Crippen molar-refractivity contribution in [1.29, 1.82) is 0 Å². The van der Waals surface area contributed by atoms with Crippen LogP contribution in [0.25, 0.3) is 0 Å². The first-order chi connectivity index (χ1) is 8.33. The van der Waals surface area contributed by atoms with Crippen molar-refractivity contribution in [3.8, 4) is 0 Å². The molecule has 0 fully saturated rings. The van der Waals surface area contributed by atoms with Gasteiger partial charge in [-0.1, -0.05) is 6.08 Å². The first-order valence-electron chi connectivity index (χ1n) is 5.55. The van der Waals surface area contributed by atoms with E-state index in [9.17, 15) is 10.1 Å². The van der Waals surface area contributed by atoms with E-state index in [1.807, 2.05) is 13.1 Å². The van der Waals surface area contributed by atoms with Crippen LogP contribution in [-0.4, -0.2) is 12.6 Å². The Hall–Kier alpha value is -1.17. The van der Waals surface area contributed by atoms with Gasteiger partial charge in [-0.3, -0.25) is 10.1 Å². The smallest absolute Gasteiger partial charge is 0.284 e. The number of hydrogen-bond donors (Lipinski definition) is 0. The lowest BCUT2D eigenvalue weighted by molar-refractivity contribution is -0.384. The molecule has 0 amide bonds. The van der Waals surface area contributed by atoms with Gasteiger partial charge in [-0.15, -0.1) is 17.7 Å². The Morgan fingerprint density at radius 2 is 2.06 bits per heavy atom. The van der Waals surface area contributed by atoms with E-state index in [0.717, 1.165) is 5.56 Å². The fourth-order valence-corrected chi connectivity index (χ4v) is 2.78. The lowest BCUT2D eigenvalue weighted by atomic mass is 10.1. The monoisotopic (exact) mass is 285 g/mol. The maximum absolute atomic E-state index is 10.6. The number of nitro benzene ring substituents is 1. The zero-order valence-electron chi connectivity index (χ0n) is 10.4. The molecule has 0 bridgehead atoms. The van der Waals surface area contributed by atoms with E-state index in [2.05, 4.69) is 6.58 Å². The highest BCUT2D eigenvalue weighted by Crippen LogP contribution is 2.28. The number of halogens is 1. The second-order valence-corrected chi connectivity index (χ2v) is 10.0. The molecule has 0 aliphatic carbocycles. The van der Waals surface area contributed by atoms with Gasteiger partial charge in [-0.2, -0.15) is 0 Å². The van der Waals surface area contributed by atoms with Gasteiger partial charge in [0, 0.05) is 12.1 Å². The van der Waals surface area contributed by atoms with Crippen molar-refractivity contribution in [2.75, 3.05) is 0 Å². The lowest BCUT2D eigenvalue weighted by Gasteiger charge is -2.24. The third-order valence-electron chi connectivity index (χ3n) is 2.28. The summed E-state index contributed by atoms with van der Waals surface area (Å²) in [4.78, 5) is 10.2. The van der Waals surface area contributed by atoms with Crippen molar-refractivity contribution in [3.63, 3.8) is 0 Å². The number of nitro groups is 1. The van der Waals surface area contributed by atoms with Gasteiger partial charge in [-0.25, -0.2) is 0 Å². The quantitative estimate of drug-likeness (QED) is 0.259. The molecule has 0 radical (unpaired) electrons. The molecule has 6 heteroatoms. The summed E-state index contributed by atoms with van der Waals surface area (Å²) in [6.45, 7) is 7.46. The summed E-state index contributed by atoms with van der Waals surface area (Å²) in [6, 6.07) is 6.34. The van der Waals surface area contributed by atoms with E-state index >= 15 is 0 Å². The van der Waals surface area contributed by atoms with Gasteiger partial charge in [-0.05, 0) is 37.2 Å². The molecule has 0 aliphatic rings. The van der Waals surface area contributed by atoms with Gasteiger partial charge >= 0.3 is 0 Å². The van der Waals surface area contributed by atoms with Crippen LogP contribution in [0.15, 0.2) is 36.9 Å². The topological polar surface area (TPSA) is 52.4 Å². The fourth-order valence-electron chi connectivity index (χ4n) is 1.55. The summed E-state index contributed by atoms with van der Waals surface area (Å²) in [5.74, 6) is 0. The summed E-state index contributed by atoms with van der Waals surface area (Å²) < 4.78 is 5.83. The highest BCUT2D eigenvalue weighted by Gasteiger charge is 2.24. The molecule has 1 aromatic rings. The molecule has 0 saturated carbocycles. The molecule has 4 nitrogen and oxygen atoms in total. The zero-order chi connectivity index (χ0) is 13.8. The number of non-ortho nitro benzene ring substituents is 1. The molecule has 0 heterocycles. The fraction of sp³-hybridized carbons (Fsp3) is 0.333. The van der Waals surface area contributed by atoms with E-state index in [1.165, 1.54) is 12.1 Å². The van der Waals surface area contributed by atoms with Gasteiger partial charge in [0.1, 0.15) is 0 Å². The molecule has 1 unspecified atom stereocenters. The highest BCUT2D eigenvalue weighted by molar-refractivity contribution is 7.15. The van der Waals surface area contributed by atoms with E-state index < -0.39 is 12.6 Å². The summed E-state index contributed by atoms with van der Waals surface area (Å²) in [5.41, 5.74) is 0.945. The molecule has 0 saturated heterocycles. The maximum Gasteiger partial charge on any atom is 0.284 e. The molecule has 1 rings (SSSR count). The minimum Gasteiger partial charge on any atom is -0.396 e. The summed E-state index contributed by atoms with van der Waals surface area (Å²) in [5, 5.41) is 10.6. The van der Waals surface area contributed by atoms with Gasteiger partial charge in [0.05, 0.1) is 11.0 Å². The Morgan fingerprint density at radius 1 is 1.50 bits per heavy atom. The van der Waals surface area contributed by atoms with Crippen LogP contribution >= 0.6 is 11.1 Å². The van der Waals surface area contributed by atoms with Crippen molar-refractivity contribution in [3.05, 3.63) is 52.6 Å². The van der Waals surface area contributed by atoms with Crippen LogP contribution in [0.5, 0.6) is 0 Å². The third kappa shape index (κ3) is 4.60. The average Bonchev–Trinajstić information content (AvgIpc) is 2.27. The van der Waals surface area contributed by atoms with E-state index in [-0.39, 0.29) is 11.8 Å². The predicted octanol–water partition coefficient (Wildman–Crippen LogP) is 4.17. The van der Waals surface area contributed by atoms with Crippen LogP contribution in [0.3, 0.4) is 0 Å². The Balaban J connectivity index is 2.92. The second-order valence-electron chi connectivity index (χ2n) is 4.34.